The van der Waals surface area contributed by atoms with Gasteiger partial charge in [0.15, 0.2) is 5.82 Å². The van der Waals surface area contributed by atoms with Crippen molar-refractivity contribution in [2.24, 2.45) is 5.73 Å². The van der Waals surface area contributed by atoms with Crippen molar-refractivity contribution in [3.05, 3.63) is 28.3 Å². The van der Waals surface area contributed by atoms with Crippen LogP contribution in [0.2, 0.25) is 0 Å². The van der Waals surface area contributed by atoms with E-state index in [1.807, 2.05) is 5.38 Å². The van der Waals surface area contributed by atoms with Gasteiger partial charge in [-0.05, 0) is 12.8 Å². The zero-order chi connectivity index (χ0) is 10.3. The molecule has 1 atom stereocenters. The fourth-order valence-corrected chi connectivity index (χ4v) is 2.00. The standard InChI is InChI=1S/C9H10N4OS/c10-6(9-11-3-4-15-9)7-12-8(14-13-7)5-1-2-5/h3-6H,1-2,10H2. The minimum absolute atomic E-state index is 0.360. The maximum absolute atomic E-state index is 5.96. The molecular formula is C9H10N4OS. The van der Waals surface area contributed by atoms with Crippen molar-refractivity contribution in [3.8, 4) is 0 Å². The molecule has 15 heavy (non-hydrogen) atoms. The van der Waals surface area contributed by atoms with Crippen LogP contribution in [-0.4, -0.2) is 15.1 Å². The van der Waals surface area contributed by atoms with E-state index in [1.54, 1.807) is 6.20 Å². The predicted molar refractivity (Wildman–Crippen MR) is 54.4 cm³/mol. The van der Waals surface area contributed by atoms with Crippen molar-refractivity contribution in [3.63, 3.8) is 0 Å². The Labute approximate surface area is 90.3 Å². The van der Waals surface area contributed by atoms with Gasteiger partial charge >= 0.3 is 0 Å². The highest BCUT2D eigenvalue weighted by molar-refractivity contribution is 7.09. The molecule has 78 valence electrons. The summed E-state index contributed by atoms with van der Waals surface area (Å²) >= 11 is 1.50. The Morgan fingerprint density at radius 1 is 1.53 bits per heavy atom. The van der Waals surface area contributed by atoms with Crippen LogP contribution < -0.4 is 5.73 Å². The van der Waals surface area contributed by atoms with Crippen molar-refractivity contribution in [1.82, 2.24) is 15.1 Å². The summed E-state index contributed by atoms with van der Waals surface area (Å²) in [5.74, 6) is 1.72. The average Bonchev–Trinajstić information content (AvgIpc) is 2.83. The molecule has 3 rings (SSSR count). The lowest BCUT2D eigenvalue weighted by molar-refractivity contribution is 0.372. The van der Waals surface area contributed by atoms with E-state index in [0.29, 0.717) is 11.7 Å². The fourth-order valence-electron chi connectivity index (χ4n) is 1.37. The molecule has 1 fully saturated rings. The van der Waals surface area contributed by atoms with Gasteiger partial charge in [0.05, 0.1) is 0 Å². The lowest BCUT2D eigenvalue weighted by Crippen LogP contribution is -2.13. The van der Waals surface area contributed by atoms with E-state index < -0.39 is 0 Å². The van der Waals surface area contributed by atoms with Crippen LogP contribution in [0.4, 0.5) is 0 Å². The maximum atomic E-state index is 5.96. The third kappa shape index (κ3) is 1.66. The van der Waals surface area contributed by atoms with E-state index in [2.05, 4.69) is 15.1 Å². The van der Waals surface area contributed by atoms with Gasteiger partial charge in [0, 0.05) is 17.5 Å². The van der Waals surface area contributed by atoms with Crippen LogP contribution in [0, 0.1) is 0 Å². The quantitative estimate of drug-likeness (QED) is 0.850. The van der Waals surface area contributed by atoms with Crippen LogP contribution in [0.3, 0.4) is 0 Å². The van der Waals surface area contributed by atoms with Crippen LogP contribution in [0.25, 0.3) is 0 Å². The zero-order valence-electron chi connectivity index (χ0n) is 7.96. The second-order valence-corrected chi connectivity index (χ2v) is 4.54. The number of nitrogens with zero attached hydrogens (tertiary/aromatic N) is 3. The molecule has 1 aliphatic carbocycles. The van der Waals surface area contributed by atoms with E-state index >= 15 is 0 Å². The first kappa shape index (κ1) is 8.99. The number of thiazole rings is 1. The largest absolute Gasteiger partial charge is 0.339 e. The fraction of sp³-hybridized carbons (Fsp3) is 0.444. The molecule has 2 aromatic rings. The predicted octanol–water partition coefficient (Wildman–Crippen LogP) is 1.45. The van der Waals surface area contributed by atoms with Gasteiger partial charge in [-0.25, -0.2) is 4.98 Å². The van der Waals surface area contributed by atoms with Gasteiger partial charge in [-0.1, -0.05) is 5.16 Å². The molecule has 0 amide bonds. The van der Waals surface area contributed by atoms with Crippen molar-refractivity contribution in [2.45, 2.75) is 24.8 Å². The molecule has 0 radical (unpaired) electrons. The first-order chi connectivity index (χ1) is 7.34. The Kier molecular flexibility index (Phi) is 2.03. The summed E-state index contributed by atoms with van der Waals surface area (Å²) in [6.45, 7) is 0. The number of hydrogen-bond donors (Lipinski definition) is 1. The number of rotatable bonds is 3. The Bertz CT molecular complexity index is 448. The van der Waals surface area contributed by atoms with Crippen LogP contribution >= 0.6 is 11.3 Å². The maximum Gasteiger partial charge on any atom is 0.229 e. The molecule has 6 heteroatoms. The summed E-state index contributed by atoms with van der Waals surface area (Å²) in [6.07, 6.45) is 4.02. The molecular weight excluding hydrogens is 212 g/mol. The van der Waals surface area contributed by atoms with Crippen LogP contribution in [0.5, 0.6) is 0 Å². The highest BCUT2D eigenvalue weighted by atomic mass is 32.1. The summed E-state index contributed by atoms with van der Waals surface area (Å²) in [4.78, 5) is 8.43. The van der Waals surface area contributed by atoms with Gasteiger partial charge in [-0.15, -0.1) is 11.3 Å². The summed E-state index contributed by atoms with van der Waals surface area (Å²) < 4.78 is 5.14. The monoisotopic (exact) mass is 222 g/mol. The summed E-state index contributed by atoms with van der Waals surface area (Å²) in [7, 11) is 0. The van der Waals surface area contributed by atoms with Gasteiger partial charge in [-0.3, -0.25) is 0 Å². The average molecular weight is 222 g/mol. The smallest absolute Gasteiger partial charge is 0.229 e. The van der Waals surface area contributed by atoms with Crippen molar-refractivity contribution in [1.29, 1.82) is 0 Å². The Morgan fingerprint density at radius 2 is 2.40 bits per heavy atom. The molecule has 0 aliphatic heterocycles. The second-order valence-electron chi connectivity index (χ2n) is 3.61. The molecule has 0 spiro atoms. The summed E-state index contributed by atoms with van der Waals surface area (Å²) in [5.41, 5.74) is 5.96. The number of aromatic nitrogens is 3. The Morgan fingerprint density at radius 3 is 3.07 bits per heavy atom. The van der Waals surface area contributed by atoms with E-state index in [0.717, 1.165) is 23.7 Å². The van der Waals surface area contributed by atoms with Gasteiger partial charge in [-0.2, -0.15) is 4.98 Å². The van der Waals surface area contributed by atoms with Gasteiger partial charge in [0.1, 0.15) is 11.0 Å². The molecule has 1 unspecified atom stereocenters. The molecule has 0 saturated heterocycles. The lowest BCUT2D eigenvalue weighted by Gasteiger charge is -2.00. The normalized spacial score (nSPS) is 17.9. The first-order valence-corrected chi connectivity index (χ1v) is 5.71. The van der Waals surface area contributed by atoms with E-state index in [9.17, 15) is 0 Å². The van der Waals surface area contributed by atoms with Crippen LogP contribution in [0.15, 0.2) is 16.1 Å². The number of hydrogen-bond acceptors (Lipinski definition) is 6. The highest BCUT2D eigenvalue weighted by Gasteiger charge is 2.30. The topological polar surface area (TPSA) is 77.8 Å². The molecule has 0 aromatic carbocycles. The van der Waals surface area contributed by atoms with Crippen molar-refractivity contribution in [2.75, 3.05) is 0 Å². The molecule has 2 heterocycles. The molecule has 2 N–H and O–H groups in total. The first-order valence-electron chi connectivity index (χ1n) is 4.83. The van der Waals surface area contributed by atoms with Crippen molar-refractivity contribution < 1.29 is 4.52 Å². The Balaban J connectivity index is 1.85. The minimum atomic E-state index is -0.360. The third-order valence-corrected chi connectivity index (χ3v) is 3.24. The van der Waals surface area contributed by atoms with Gasteiger partial charge in [0.25, 0.3) is 0 Å². The minimum Gasteiger partial charge on any atom is -0.339 e. The SMILES string of the molecule is NC(c1noc(C2CC2)n1)c1nccs1. The molecule has 2 aromatic heterocycles. The Hall–Kier alpha value is -1.27. The molecule has 0 bridgehead atoms. The van der Waals surface area contributed by atoms with Crippen molar-refractivity contribution >= 4 is 11.3 Å². The number of nitrogens with two attached hydrogens (primary N) is 1. The zero-order valence-corrected chi connectivity index (χ0v) is 8.78. The lowest BCUT2D eigenvalue weighted by atomic mass is 10.3. The van der Waals surface area contributed by atoms with Crippen LogP contribution in [-0.2, 0) is 0 Å². The highest BCUT2D eigenvalue weighted by Crippen LogP contribution is 2.39. The van der Waals surface area contributed by atoms with Gasteiger partial charge in [0.2, 0.25) is 5.89 Å². The molecule has 1 saturated carbocycles. The van der Waals surface area contributed by atoms with Crippen LogP contribution in [0.1, 0.15) is 41.5 Å². The molecule has 5 nitrogen and oxygen atoms in total. The summed E-state index contributed by atoms with van der Waals surface area (Å²) in [5, 5.41) is 6.59. The van der Waals surface area contributed by atoms with E-state index in [1.165, 1.54) is 11.3 Å². The van der Waals surface area contributed by atoms with E-state index in [4.69, 9.17) is 10.3 Å². The molecule has 1 aliphatic rings. The van der Waals surface area contributed by atoms with Gasteiger partial charge < -0.3 is 10.3 Å². The summed E-state index contributed by atoms with van der Waals surface area (Å²) in [6, 6.07) is -0.360. The third-order valence-electron chi connectivity index (χ3n) is 2.38. The second kappa shape index (κ2) is 3.39. The van der Waals surface area contributed by atoms with E-state index in [-0.39, 0.29) is 6.04 Å².